The predicted octanol–water partition coefficient (Wildman–Crippen LogP) is 1.63. The third kappa shape index (κ3) is 2.02. The van der Waals surface area contributed by atoms with Crippen LogP contribution in [0.25, 0.3) is 11.4 Å². The van der Waals surface area contributed by atoms with Crippen molar-refractivity contribution < 1.29 is 9.47 Å². The Bertz CT molecular complexity index is 624. The van der Waals surface area contributed by atoms with Crippen molar-refractivity contribution in [3.8, 4) is 22.9 Å². The molecular formula is C14H18N4O2. The van der Waals surface area contributed by atoms with E-state index in [1.807, 2.05) is 18.2 Å². The second kappa shape index (κ2) is 5.13. The molecule has 6 nitrogen and oxygen atoms in total. The number of nitrogens with one attached hydrogen (secondary N) is 1. The second-order valence-corrected chi connectivity index (χ2v) is 4.78. The Morgan fingerprint density at radius 3 is 2.85 bits per heavy atom. The Kier molecular flexibility index (Phi) is 3.31. The van der Waals surface area contributed by atoms with Crippen molar-refractivity contribution in [2.75, 3.05) is 20.8 Å². The number of methoxy groups -OCH3 is 2. The average Bonchev–Trinajstić information content (AvgIpc) is 2.92. The molecule has 6 heteroatoms. The zero-order valence-corrected chi connectivity index (χ0v) is 11.9. The molecule has 0 spiro atoms. The topological polar surface area (TPSA) is 61.2 Å². The normalized spacial score (nSPS) is 17.6. The van der Waals surface area contributed by atoms with Crippen LogP contribution in [-0.2, 0) is 6.54 Å². The van der Waals surface area contributed by atoms with Crippen LogP contribution in [0.4, 0.5) is 0 Å². The third-order valence-corrected chi connectivity index (χ3v) is 3.60. The summed E-state index contributed by atoms with van der Waals surface area (Å²) in [4.78, 5) is 0. The summed E-state index contributed by atoms with van der Waals surface area (Å²) < 4.78 is 12.9. The van der Waals surface area contributed by atoms with E-state index in [1.165, 1.54) is 0 Å². The van der Waals surface area contributed by atoms with Gasteiger partial charge < -0.3 is 19.4 Å². The maximum atomic E-state index is 5.43. The number of rotatable bonds is 3. The molecule has 0 amide bonds. The summed E-state index contributed by atoms with van der Waals surface area (Å²) in [7, 11) is 3.31. The Labute approximate surface area is 117 Å². The minimum Gasteiger partial charge on any atom is -0.497 e. The largest absolute Gasteiger partial charge is 0.497 e. The van der Waals surface area contributed by atoms with E-state index in [1.54, 1.807) is 14.2 Å². The predicted molar refractivity (Wildman–Crippen MR) is 75.0 cm³/mol. The number of aromatic nitrogens is 3. The van der Waals surface area contributed by atoms with Gasteiger partial charge in [-0.3, -0.25) is 0 Å². The molecule has 0 radical (unpaired) electrons. The standard InChI is InChI=1S/C14H18N4O2/c1-9-13-16-17-14(18(13)7-6-15-9)11-8-10(19-2)4-5-12(11)20-3/h4-5,8-9,15H,6-7H2,1-3H3. The molecule has 3 rings (SSSR count). The van der Waals surface area contributed by atoms with E-state index in [0.717, 1.165) is 41.8 Å². The van der Waals surface area contributed by atoms with Gasteiger partial charge in [-0.15, -0.1) is 10.2 Å². The summed E-state index contributed by atoms with van der Waals surface area (Å²) in [5.41, 5.74) is 0.903. The van der Waals surface area contributed by atoms with Gasteiger partial charge in [0.1, 0.15) is 17.3 Å². The van der Waals surface area contributed by atoms with Gasteiger partial charge in [0.05, 0.1) is 25.8 Å². The third-order valence-electron chi connectivity index (χ3n) is 3.60. The van der Waals surface area contributed by atoms with Crippen molar-refractivity contribution in [1.82, 2.24) is 20.1 Å². The molecule has 1 aliphatic rings. The summed E-state index contributed by atoms with van der Waals surface area (Å²) in [6, 6.07) is 5.91. The van der Waals surface area contributed by atoms with Gasteiger partial charge in [-0.05, 0) is 25.1 Å². The second-order valence-electron chi connectivity index (χ2n) is 4.78. The summed E-state index contributed by atoms with van der Waals surface area (Å²) >= 11 is 0. The Morgan fingerprint density at radius 1 is 1.25 bits per heavy atom. The van der Waals surface area contributed by atoms with Crippen LogP contribution in [0.5, 0.6) is 11.5 Å². The molecule has 1 unspecified atom stereocenters. The highest BCUT2D eigenvalue weighted by atomic mass is 16.5. The molecule has 2 aromatic rings. The molecule has 20 heavy (non-hydrogen) atoms. The highest BCUT2D eigenvalue weighted by Crippen LogP contribution is 2.33. The summed E-state index contributed by atoms with van der Waals surface area (Å²) in [5, 5.41) is 12.0. The highest BCUT2D eigenvalue weighted by molar-refractivity contribution is 5.66. The molecule has 1 aromatic carbocycles. The van der Waals surface area contributed by atoms with Gasteiger partial charge in [0.25, 0.3) is 0 Å². The lowest BCUT2D eigenvalue weighted by molar-refractivity contribution is 0.403. The highest BCUT2D eigenvalue weighted by Gasteiger charge is 2.23. The molecule has 2 heterocycles. The smallest absolute Gasteiger partial charge is 0.167 e. The molecular weight excluding hydrogens is 256 g/mol. The summed E-state index contributed by atoms with van der Waals surface area (Å²) in [6.07, 6.45) is 0. The number of nitrogens with zero attached hydrogens (tertiary/aromatic N) is 3. The molecule has 0 saturated heterocycles. The minimum absolute atomic E-state index is 0.210. The van der Waals surface area contributed by atoms with Gasteiger partial charge in [-0.1, -0.05) is 0 Å². The Morgan fingerprint density at radius 2 is 2.10 bits per heavy atom. The van der Waals surface area contributed by atoms with Crippen molar-refractivity contribution in [2.45, 2.75) is 19.5 Å². The first-order chi connectivity index (χ1) is 9.74. The quantitative estimate of drug-likeness (QED) is 0.921. The van der Waals surface area contributed by atoms with E-state index in [4.69, 9.17) is 9.47 Å². The van der Waals surface area contributed by atoms with Crippen LogP contribution in [0.15, 0.2) is 18.2 Å². The SMILES string of the molecule is COc1ccc(OC)c(-c2nnc3n2CCNC3C)c1. The van der Waals surface area contributed by atoms with E-state index in [9.17, 15) is 0 Å². The van der Waals surface area contributed by atoms with E-state index >= 15 is 0 Å². The Balaban J connectivity index is 2.13. The van der Waals surface area contributed by atoms with Gasteiger partial charge in [0.15, 0.2) is 5.82 Å². The number of benzene rings is 1. The molecule has 1 aliphatic heterocycles. The van der Waals surface area contributed by atoms with Crippen LogP contribution in [0.3, 0.4) is 0 Å². The summed E-state index contributed by atoms with van der Waals surface area (Å²) in [5.74, 6) is 3.33. The van der Waals surface area contributed by atoms with Crippen LogP contribution in [-0.4, -0.2) is 35.5 Å². The molecule has 0 aliphatic carbocycles. The van der Waals surface area contributed by atoms with Gasteiger partial charge in [-0.25, -0.2) is 0 Å². The molecule has 0 bridgehead atoms. The lowest BCUT2D eigenvalue weighted by Crippen LogP contribution is -2.32. The van der Waals surface area contributed by atoms with Crippen molar-refractivity contribution in [2.24, 2.45) is 0 Å². The van der Waals surface area contributed by atoms with E-state index < -0.39 is 0 Å². The molecule has 1 N–H and O–H groups in total. The van der Waals surface area contributed by atoms with Crippen LogP contribution in [0.2, 0.25) is 0 Å². The van der Waals surface area contributed by atoms with E-state index in [-0.39, 0.29) is 6.04 Å². The fourth-order valence-electron chi connectivity index (χ4n) is 2.53. The number of fused-ring (bicyclic) bond motifs is 1. The monoisotopic (exact) mass is 274 g/mol. The zero-order chi connectivity index (χ0) is 14.1. The number of hydrogen-bond acceptors (Lipinski definition) is 5. The number of ether oxygens (including phenoxy) is 2. The van der Waals surface area contributed by atoms with Crippen LogP contribution >= 0.6 is 0 Å². The molecule has 1 atom stereocenters. The lowest BCUT2D eigenvalue weighted by Gasteiger charge is -2.22. The first kappa shape index (κ1) is 12.9. The van der Waals surface area contributed by atoms with Crippen molar-refractivity contribution >= 4 is 0 Å². The average molecular weight is 274 g/mol. The van der Waals surface area contributed by atoms with Crippen LogP contribution < -0.4 is 14.8 Å². The van der Waals surface area contributed by atoms with Gasteiger partial charge in [0.2, 0.25) is 0 Å². The van der Waals surface area contributed by atoms with E-state index in [2.05, 4.69) is 27.0 Å². The van der Waals surface area contributed by atoms with E-state index in [0.29, 0.717) is 0 Å². The fraction of sp³-hybridized carbons (Fsp3) is 0.429. The molecule has 0 fully saturated rings. The van der Waals surface area contributed by atoms with Gasteiger partial charge in [0, 0.05) is 13.1 Å². The maximum absolute atomic E-state index is 5.43. The van der Waals surface area contributed by atoms with Crippen molar-refractivity contribution in [1.29, 1.82) is 0 Å². The first-order valence-corrected chi connectivity index (χ1v) is 6.63. The maximum Gasteiger partial charge on any atom is 0.167 e. The van der Waals surface area contributed by atoms with Crippen LogP contribution in [0, 0.1) is 0 Å². The van der Waals surface area contributed by atoms with Crippen molar-refractivity contribution in [3.05, 3.63) is 24.0 Å². The zero-order valence-electron chi connectivity index (χ0n) is 11.9. The first-order valence-electron chi connectivity index (χ1n) is 6.63. The summed E-state index contributed by atoms with van der Waals surface area (Å²) in [6.45, 7) is 3.85. The van der Waals surface area contributed by atoms with Gasteiger partial charge in [-0.2, -0.15) is 0 Å². The van der Waals surface area contributed by atoms with Crippen molar-refractivity contribution in [3.63, 3.8) is 0 Å². The fourth-order valence-corrected chi connectivity index (χ4v) is 2.53. The number of hydrogen-bond donors (Lipinski definition) is 1. The van der Waals surface area contributed by atoms with Crippen LogP contribution in [0.1, 0.15) is 18.8 Å². The Hall–Kier alpha value is -2.08. The molecule has 0 saturated carbocycles. The molecule has 106 valence electrons. The van der Waals surface area contributed by atoms with Gasteiger partial charge >= 0.3 is 0 Å². The molecule has 1 aromatic heterocycles. The minimum atomic E-state index is 0.210. The lowest BCUT2D eigenvalue weighted by atomic mass is 10.1.